The summed E-state index contributed by atoms with van der Waals surface area (Å²) in [6.45, 7) is 0. The second-order valence-electron chi connectivity index (χ2n) is 4.99. The summed E-state index contributed by atoms with van der Waals surface area (Å²) < 4.78 is 5.25. The zero-order valence-electron chi connectivity index (χ0n) is 12.2. The monoisotopic (exact) mass is 328 g/mol. The first-order valence-electron chi connectivity index (χ1n) is 7.01. The molecular weight excluding hydrogens is 312 g/mol. The predicted octanol–water partition coefficient (Wildman–Crippen LogP) is 4.36. The van der Waals surface area contributed by atoms with Gasteiger partial charge in [0.05, 0.1) is 7.11 Å². The molecule has 22 heavy (non-hydrogen) atoms. The lowest BCUT2D eigenvalue weighted by Gasteiger charge is -1.99. The van der Waals surface area contributed by atoms with Gasteiger partial charge in [-0.1, -0.05) is 24.3 Å². The molecular formula is C18H16O2S2. The van der Waals surface area contributed by atoms with Gasteiger partial charge in [0.1, 0.15) is 0 Å². The van der Waals surface area contributed by atoms with E-state index in [4.69, 9.17) is 4.74 Å². The topological polar surface area (TPSA) is 26.3 Å². The maximum Gasteiger partial charge on any atom is 0.223 e. The van der Waals surface area contributed by atoms with Crippen LogP contribution in [0.25, 0.3) is 0 Å². The lowest BCUT2D eigenvalue weighted by Crippen LogP contribution is -2.08. The molecule has 0 aliphatic carbocycles. The molecule has 0 bridgehead atoms. The number of hydrogen-bond donors (Lipinski definition) is 0. The van der Waals surface area contributed by atoms with Gasteiger partial charge in [0.15, 0.2) is 5.75 Å². The molecule has 112 valence electrons. The summed E-state index contributed by atoms with van der Waals surface area (Å²) in [5.74, 6) is 0.406. The van der Waals surface area contributed by atoms with Crippen LogP contribution in [0.15, 0.2) is 58.0 Å². The minimum Gasteiger partial charge on any atom is -0.493 e. The van der Waals surface area contributed by atoms with Gasteiger partial charge in [-0.05, 0) is 34.5 Å². The van der Waals surface area contributed by atoms with E-state index in [1.165, 1.54) is 9.75 Å². The second kappa shape index (κ2) is 6.90. The SMILES string of the molecule is COc1ccc(Cc2cccs2)cc(Cc2cccs2)c1=O. The van der Waals surface area contributed by atoms with Crippen molar-refractivity contribution in [2.45, 2.75) is 12.8 Å². The third-order valence-corrected chi connectivity index (χ3v) is 5.20. The highest BCUT2D eigenvalue weighted by atomic mass is 32.1. The van der Waals surface area contributed by atoms with Crippen LogP contribution in [-0.4, -0.2) is 7.11 Å². The van der Waals surface area contributed by atoms with Crippen LogP contribution >= 0.6 is 22.7 Å². The number of ether oxygens (including phenoxy) is 1. The Kier molecular flexibility index (Phi) is 4.71. The van der Waals surface area contributed by atoms with Gasteiger partial charge in [-0.25, -0.2) is 0 Å². The summed E-state index contributed by atoms with van der Waals surface area (Å²) in [5, 5.41) is 4.11. The molecule has 4 heteroatoms. The van der Waals surface area contributed by atoms with Crippen LogP contribution in [0, 0.1) is 0 Å². The zero-order chi connectivity index (χ0) is 15.4. The van der Waals surface area contributed by atoms with E-state index in [0.717, 1.165) is 17.5 Å². The molecule has 0 saturated carbocycles. The minimum absolute atomic E-state index is 0.0201. The summed E-state index contributed by atoms with van der Waals surface area (Å²) in [5.41, 5.74) is 1.90. The Morgan fingerprint density at radius 1 is 0.955 bits per heavy atom. The molecule has 1 aromatic carbocycles. The van der Waals surface area contributed by atoms with E-state index in [1.54, 1.807) is 35.8 Å². The number of hydrogen-bond acceptors (Lipinski definition) is 4. The summed E-state index contributed by atoms with van der Waals surface area (Å²) in [6, 6.07) is 14.0. The van der Waals surface area contributed by atoms with Crippen LogP contribution in [0.2, 0.25) is 0 Å². The van der Waals surface area contributed by atoms with Crippen molar-refractivity contribution in [2.75, 3.05) is 7.11 Å². The smallest absolute Gasteiger partial charge is 0.223 e. The third-order valence-electron chi connectivity index (χ3n) is 3.45. The van der Waals surface area contributed by atoms with E-state index in [-0.39, 0.29) is 5.43 Å². The first kappa shape index (κ1) is 15.0. The van der Waals surface area contributed by atoms with Gasteiger partial charge in [-0.2, -0.15) is 0 Å². The Morgan fingerprint density at radius 3 is 2.23 bits per heavy atom. The first-order chi connectivity index (χ1) is 10.8. The highest BCUT2D eigenvalue weighted by molar-refractivity contribution is 7.10. The predicted molar refractivity (Wildman–Crippen MR) is 93.5 cm³/mol. The van der Waals surface area contributed by atoms with Crippen LogP contribution in [0.4, 0.5) is 0 Å². The van der Waals surface area contributed by atoms with Crippen molar-refractivity contribution in [1.82, 2.24) is 0 Å². The summed E-state index contributed by atoms with van der Waals surface area (Å²) in [4.78, 5) is 15.0. The fourth-order valence-electron chi connectivity index (χ4n) is 2.37. The summed E-state index contributed by atoms with van der Waals surface area (Å²) in [6.07, 6.45) is 1.49. The quantitative estimate of drug-likeness (QED) is 0.695. The molecule has 2 nitrogen and oxygen atoms in total. The Bertz CT molecular complexity index is 790. The van der Waals surface area contributed by atoms with Crippen molar-refractivity contribution in [3.63, 3.8) is 0 Å². The molecule has 0 radical (unpaired) electrons. The molecule has 2 aromatic heterocycles. The van der Waals surface area contributed by atoms with Gasteiger partial charge in [0, 0.05) is 28.2 Å². The number of rotatable bonds is 5. The molecule has 2 heterocycles. The fourth-order valence-corrected chi connectivity index (χ4v) is 3.84. The molecule has 0 amide bonds. The van der Waals surface area contributed by atoms with Gasteiger partial charge in [-0.15, -0.1) is 22.7 Å². The highest BCUT2D eigenvalue weighted by Crippen LogP contribution is 2.19. The second-order valence-corrected chi connectivity index (χ2v) is 7.05. The molecule has 0 unspecified atom stereocenters. The maximum absolute atomic E-state index is 12.6. The van der Waals surface area contributed by atoms with E-state index in [9.17, 15) is 4.79 Å². The third kappa shape index (κ3) is 3.46. The van der Waals surface area contributed by atoms with Crippen LogP contribution in [0.1, 0.15) is 20.9 Å². The van der Waals surface area contributed by atoms with Gasteiger partial charge in [0.25, 0.3) is 0 Å². The van der Waals surface area contributed by atoms with E-state index < -0.39 is 0 Å². The van der Waals surface area contributed by atoms with Crippen molar-refractivity contribution in [2.24, 2.45) is 0 Å². The standard InChI is InChI=1S/C18H16O2S2/c1-20-17-7-6-13(11-15-4-2-8-21-15)10-14(18(17)19)12-16-5-3-9-22-16/h2-10H,11-12H2,1H3. The van der Waals surface area contributed by atoms with Crippen LogP contribution in [0.3, 0.4) is 0 Å². The molecule has 3 rings (SSSR count). The van der Waals surface area contributed by atoms with Crippen LogP contribution < -0.4 is 10.2 Å². The van der Waals surface area contributed by atoms with Crippen molar-refractivity contribution in [1.29, 1.82) is 0 Å². The van der Waals surface area contributed by atoms with E-state index >= 15 is 0 Å². The van der Waals surface area contributed by atoms with Crippen molar-refractivity contribution < 1.29 is 4.74 Å². The number of thiophene rings is 2. The Morgan fingerprint density at radius 2 is 1.64 bits per heavy atom. The Labute approximate surface area is 137 Å². The Hall–Kier alpha value is -1.91. The fraction of sp³-hybridized carbons (Fsp3) is 0.167. The zero-order valence-corrected chi connectivity index (χ0v) is 13.9. The largest absolute Gasteiger partial charge is 0.493 e. The molecule has 0 fully saturated rings. The molecule has 0 spiro atoms. The molecule has 0 atom stereocenters. The molecule has 0 aliphatic heterocycles. The van der Waals surface area contributed by atoms with Crippen LogP contribution in [-0.2, 0) is 12.8 Å². The van der Waals surface area contributed by atoms with Crippen molar-refractivity contribution in [3.05, 3.63) is 84.3 Å². The normalized spacial score (nSPS) is 10.6. The lowest BCUT2D eigenvalue weighted by molar-refractivity contribution is 0.411. The van der Waals surface area contributed by atoms with E-state index in [2.05, 4.69) is 23.6 Å². The average molecular weight is 328 g/mol. The molecule has 0 saturated heterocycles. The van der Waals surface area contributed by atoms with Crippen molar-refractivity contribution >= 4 is 22.7 Å². The summed E-state index contributed by atoms with van der Waals surface area (Å²) >= 11 is 3.40. The van der Waals surface area contributed by atoms with Crippen molar-refractivity contribution in [3.8, 4) is 5.75 Å². The highest BCUT2D eigenvalue weighted by Gasteiger charge is 2.08. The Balaban J connectivity index is 2.01. The van der Waals surface area contributed by atoms with Gasteiger partial charge < -0.3 is 4.74 Å². The van der Waals surface area contributed by atoms with Crippen LogP contribution in [0.5, 0.6) is 5.75 Å². The maximum atomic E-state index is 12.6. The molecule has 0 N–H and O–H groups in total. The van der Waals surface area contributed by atoms with Gasteiger partial charge in [0.2, 0.25) is 5.43 Å². The number of methoxy groups -OCH3 is 1. The molecule has 0 aliphatic rings. The van der Waals surface area contributed by atoms with Gasteiger partial charge in [-0.3, -0.25) is 4.79 Å². The summed E-state index contributed by atoms with van der Waals surface area (Å²) in [7, 11) is 1.55. The van der Waals surface area contributed by atoms with E-state index in [1.807, 2.05) is 23.6 Å². The van der Waals surface area contributed by atoms with Gasteiger partial charge >= 0.3 is 0 Å². The first-order valence-corrected chi connectivity index (χ1v) is 8.77. The minimum atomic E-state index is -0.0201. The van der Waals surface area contributed by atoms with E-state index in [0.29, 0.717) is 12.2 Å². The average Bonchev–Trinajstić information content (AvgIpc) is 3.17. The molecule has 3 aromatic rings. The lowest BCUT2D eigenvalue weighted by atomic mass is 10.1.